The van der Waals surface area contributed by atoms with Gasteiger partial charge in [-0.3, -0.25) is 13.8 Å². The van der Waals surface area contributed by atoms with Crippen molar-refractivity contribution in [3.63, 3.8) is 0 Å². The van der Waals surface area contributed by atoms with Gasteiger partial charge in [-0.2, -0.15) is 0 Å². The number of carbonyl (C=O) groups is 1. The second kappa shape index (κ2) is 36.6. The monoisotopic (exact) mass is 888 g/mol. The molecule has 61 heavy (non-hydrogen) atoms. The first-order valence-corrected chi connectivity index (χ1v) is 25.2. The van der Waals surface area contributed by atoms with E-state index in [1.54, 1.807) is 6.08 Å². The molecule has 1 aliphatic rings. The average Bonchev–Trinajstić information content (AvgIpc) is 3.23. The number of hydrogen-bond donors (Lipinski definition) is 9. The van der Waals surface area contributed by atoms with Crippen molar-refractivity contribution in [3.05, 3.63) is 48.6 Å². The topological polar surface area (TPSA) is 226 Å². The third-order valence-electron chi connectivity index (χ3n) is 11.1. The van der Waals surface area contributed by atoms with Gasteiger partial charge in [0, 0.05) is 0 Å². The van der Waals surface area contributed by atoms with Crippen LogP contribution in [-0.4, -0.2) is 108 Å². The molecule has 0 bridgehead atoms. The summed E-state index contributed by atoms with van der Waals surface area (Å²) in [5.74, 6) is -0.614. The minimum atomic E-state index is -5.15. The first-order valence-electron chi connectivity index (χ1n) is 23.7. The molecular weight excluding hydrogens is 801 g/mol. The lowest BCUT2D eigenvalue weighted by molar-refractivity contribution is -0.220. The van der Waals surface area contributed by atoms with Gasteiger partial charge in [-0.25, -0.2) is 4.57 Å². The van der Waals surface area contributed by atoms with Gasteiger partial charge in [-0.05, 0) is 64.2 Å². The van der Waals surface area contributed by atoms with E-state index in [1.165, 1.54) is 76.7 Å². The fourth-order valence-corrected chi connectivity index (χ4v) is 8.18. The molecule has 1 saturated carbocycles. The van der Waals surface area contributed by atoms with Crippen molar-refractivity contribution in [1.82, 2.24) is 5.32 Å². The zero-order valence-corrected chi connectivity index (χ0v) is 38.5. The summed E-state index contributed by atoms with van der Waals surface area (Å²) in [5, 5.41) is 74.3. The molecule has 0 spiro atoms. The van der Waals surface area contributed by atoms with Crippen molar-refractivity contribution >= 4 is 13.7 Å². The number of allylic oxidation sites excluding steroid dienone is 7. The summed E-state index contributed by atoms with van der Waals surface area (Å²) in [5.41, 5.74) is 0. The Kier molecular flexibility index (Phi) is 34.3. The highest BCUT2D eigenvalue weighted by Gasteiger charge is 2.51. The third kappa shape index (κ3) is 28.6. The fourth-order valence-electron chi connectivity index (χ4n) is 7.21. The maximum absolute atomic E-state index is 13.0. The number of nitrogens with one attached hydrogen (secondary N) is 1. The van der Waals surface area contributed by atoms with Crippen molar-refractivity contribution in [2.75, 3.05) is 6.61 Å². The number of aliphatic hydroxyl groups excluding tert-OH is 7. The molecule has 1 fully saturated rings. The Morgan fingerprint density at radius 2 is 1.00 bits per heavy atom. The summed E-state index contributed by atoms with van der Waals surface area (Å²) in [7, 11) is -5.15. The number of aliphatic hydroxyl groups is 7. The van der Waals surface area contributed by atoms with Gasteiger partial charge in [0.1, 0.15) is 36.6 Å². The van der Waals surface area contributed by atoms with Crippen LogP contribution in [0.25, 0.3) is 0 Å². The van der Waals surface area contributed by atoms with Crippen LogP contribution in [-0.2, 0) is 18.4 Å². The predicted octanol–water partition coefficient (Wildman–Crippen LogP) is 7.92. The third-order valence-corrected chi connectivity index (χ3v) is 12.1. The Balaban J connectivity index is 2.49. The number of phosphoric acid groups is 1. The molecule has 0 aromatic heterocycles. The minimum Gasteiger partial charge on any atom is -0.393 e. The van der Waals surface area contributed by atoms with Crippen molar-refractivity contribution in [2.45, 2.75) is 236 Å². The molecule has 13 nitrogen and oxygen atoms in total. The van der Waals surface area contributed by atoms with Crippen molar-refractivity contribution in [3.8, 4) is 0 Å². The normalized spacial score (nSPS) is 23.6. The van der Waals surface area contributed by atoms with E-state index in [0.29, 0.717) is 19.3 Å². The molecule has 0 aliphatic heterocycles. The summed E-state index contributed by atoms with van der Waals surface area (Å²) in [6, 6.07) is -1.27. The molecule has 0 aromatic rings. The van der Waals surface area contributed by atoms with E-state index < -0.39 is 75.2 Å². The van der Waals surface area contributed by atoms with E-state index in [4.69, 9.17) is 9.05 Å². The van der Waals surface area contributed by atoms with Gasteiger partial charge < -0.3 is 46.0 Å². The zero-order valence-electron chi connectivity index (χ0n) is 37.6. The number of rotatable bonds is 38. The molecule has 1 amide bonds. The van der Waals surface area contributed by atoms with E-state index >= 15 is 0 Å². The van der Waals surface area contributed by atoms with Crippen molar-refractivity contribution in [1.29, 1.82) is 0 Å². The van der Waals surface area contributed by atoms with E-state index in [1.807, 2.05) is 6.08 Å². The molecule has 9 N–H and O–H groups in total. The summed E-state index contributed by atoms with van der Waals surface area (Å²) in [6.07, 6.45) is 29.4. The number of unbranched alkanes of at least 4 members (excludes halogenated alkanes) is 19. The first-order chi connectivity index (χ1) is 29.3. The van der Waals surface area contributed by atoms with Crippen molar-refractivity contribution in [2.24, 2.45) is 0 Å². The SMILES string of the molecule is CCC/C=C/CC/C=C/CC/C=C/C(O)C(COP(=O)(O)OC1C(O)C(O)C(O)C(O)C1O)NC(=O)CC(O)CCCCCCC/C=C\CCCCCCCCCCCCC. The Bertz CT molecular complexity index is 1230. The van der Waals surface area contributed by atoms with Gasteiger partial charge in [-0.15, -0.1) is 0 Å². The number of carbonyl (C=O) groups excluding carboxylic acids is 1. The molecule has 0 radical (unpaired) electrons. The van der Waals surface area contributed by atoms with Crippen LogP contribution in [0.2, 0.25) is 0 Å². The first kappa shape index (κ1) is 57.3. The molecular formula is C47H86NO12P. The summed E-state index contributed by atoms with van der Waals surface area (Å²) >= 11 is 0. The summed E-state index contributed by atoms with van der Waals surface area (Å²) in [6.45, 7) is 3.64. The van der Waals surface area contributed by atoms with Gasteiger partial charge in [0.05, 0.1) is 31.3 Å². The van der Waals surface area contributed by atoms with Gasteiger partial charge in [0.25, 0.3) is 0 Å². The Hall–Kier alpha value is -1.74. The van der Waals surface area contributed by atoms with Gasteiger partial charge in [0.2, 0.25) is 5.91 Å². The second-order valence-electron chi connectivity index (χ2n) is 16.8. The zero-order chi connectivity index (χ0) is 45.1. The standard InChI is InChI=1S/C47H86NO12P/c1-3-5-7-9-11-13-15-16-17-18-19-20-21-22-23-25-26-28-30-32-34-38(49)36-41(51)48-39(40(50)35-33-31-29-27-24-14-12-10-8-6-4-2)37-59-61(57,58)60-47-45(55)43(53)42(52)44(54)46(47)56/h8,10,21-22,24,27,33,35,38-40,42-47,49-50,52-56H,3-7,9,11-20,23,25-26,28-32,34,36-37H2,1-2H3,(H,48,51)(H,57,58)/b10-8+,22-21-,27-24+,35-33+. The van der Waals surface area contributed by atoms with Gasteiger partial charge in [-0.1, -0.05) is 159 Å². The largest absolute Gasteiger partial charge is 0.472 e. The number of phosphoric ester groups is 1. The lowest BCUT2D eigenvalue weighted by atomic mass is 9.85. The highest BCUT2D eigenvalue weighted by molar-refractivity contribution is 7.47. The van der Waals surface area contributed by atoms with E-state index in [0.717, 1.165) is 70.6 Å². The van der Waals surface area contributed by atoms with E-state index in [2.05, 4.69) is 49.5 Å². The lowest BCUT2D eigenvalue weighted by Gasteiger charge is -2.41. The van der Waals surface area contributed by atoms with Crippen LogP contribution in [0.4, 0.5) is 0 Å². The van der Waals surface area contributed by atoms with Crippen LogP contribution in [0.3, 0.4) is 0 Å². The number of hydrogen-bond acceptors (Lipinski definition) is 11. The van der Waals surface area contributed by atoms with Crippen molar-refractivity contribution < 1.29 is 59.0 Å². The molecule has 0 saturated heterocycles. The Labute approximate surface area is 368 Å². The average molecular weight is 888 g/mol. The van der Waals surface area contributed by atoms with Gasteiger partial charge in [0.15, 0.2) is 0 Å². The Morgan fingerprint density at radius 3 is 1.51 bits per heavy atom. The van der Waals surface area contributed by atoms with Gasteiger partial charge >= 0.3 is 7.82 Å². The van der Waals surface area contributed by atoms with Crippen LogP contribution in [0.15, 0.2) is 48.6 Å². The molecule has 14 heteroatoms. The van der Waals surface area contributed by atoms with E-state index in [-0.39, 0.29) is 6.42 Å². The van der Waals surface area contributed by atoms with Crippen LogP contribution in [0, 0.1) is 0 Å². The molecule has 0 aromatic carbocycles. The Morgan fingerprint density at radius 1 is 0.574 bits per heavy atom. The maximum Gasteiger partial charge on any atom is 0.472 e. The summed E-state index contributed by atoms with van der Waals surface area (Å²) < 4.78 is 22.8. The van der Waals surface area contributed by atoms with Crippen LogP contribution >= 0.6 is 7.82 Å². The highest BCUT2D eigenvalue weighted by Crippen LogP contribution is 2.47. The quantitative estimate of drug-likeness (QED) is 0.0164. The predicted molar refractivity (Wildman–Crippen MR) is 243 cm³/mol. The second-order valence-corrected chi connectivity index (χ2v) is 18.2. The smallest absolute Gasteiger partial charge is 0.393 e. The summed E-state index contributed by atoms with van der Waals surface area (Å²) in [4.78, 5) is 23.4. The molecule has 356 valence electrons. The van der Waals surface area contributed by atoms with Crippen LogP contribution in [0.1, 0.15) is 181 Å². The molecule has 8 unspecified atom stereocenters. The maximum atomic E-state index is 13.0. The molecule has 8 atom stereocenters. The van der Waals surface area contributed by atoms with Crippen LogP contribution in [0.5, 0.6) is 0 Å². The number of amides is 1. The molecule has 1 rings (SSSR count). The minimum absolute atomic E-state index is 0.263. The molecule has 0 heterocycles. The fraction of sp³-hybridized carbons (Fsp3) is 0.809. The van der Waals surface area contributed by atoms with E-state index in [9.17, 15) is 50.0 Å². The van der Waals surface area contributed by atoms with Crippen LogP contribution < -0.4 is 5.32 Å². The lowest BCUT2D eigenvalue weighted by Crippen LogP contribution is -2.64. The molecule has 1 aliphatic carbocycles. The highest BCUT2D eigenvalue weighted by atomic mass is 31.2.